The first-order valence-electron chi connectivity index (χ1n) is 6.82. The first-order chi connectivity index (χ1) is 9.10. The van der Waals surface area contributed by atoms with Gasteiger partial charge >= 0.3 is 5.97 Å². The van der Waals surface area contributed by atoms with E-state index in [0.717, 1.165) is 12.2 Å². The minimum atomic E-state index is -0.335. The Balaban J connectivity index is 2.05. The van der Waals surface area contributed by atoms with E-state index >= 15 is 0 Å². The molecule has 0 aliphatic heterocycles. The third-order valence-electron chi connectivity index (χ3n) is 3.87. The molecule has 1 aromatic carbocycles. The van der Waals surface area contributed by atoms with Gasteiger partial charge in [-0.05, 0) is 42.9 Å². The molecule has 1 fully saturated rings. The predicted octanol–water partition coefficient (Wildman–Crippen LogP) is 3.05. The quantitative estimate of drug-likeness (QED) is 0.611. The Morgan fingerprint density at radius 3 is 2.79 bits per heavy atom. The fraction of sp³-hybridized carbons (Fsp3) is 0.533. The Labute approximate surface area is 114 Å². The summed E-state index contributed by atoms with van der Waals surface area (Å²) in [5.74, 6) is -0.335. The summed E-state index contributed by atoms with van der Waals surface area (Å²) in [7, 11) is 1.38. The smallest absolute Gasteiger partial charge is 0.337 e. The third-order valence-corrected chi connectivity index (χ3v) is 3.87. The number of anilines is 2. The van der Waals surface area contributed by atoms with Gasteiger partial charge in [-0.1, -0.05) is 13.3 Å². The maximum absolute atomic E-state index is 11.5. The zero-order chi connectivity index (χ0) is 13.9. The van der Waals surface area contributed by atoms with E-state index in [4.69, 9.17) is 10.5 Å². The summed E-state index contributed by atoms with van der Waals surface area (Å²) in [6.45, 7) is 3.14. The zero-order valence-corrected chi connectivity index (χ0v) is 11.7. The Morgan fingerprint density at radius 2 is 2.21 bits per heavy atom. The molecule has 1 aliphatic carbocycles. The lowest BCUT2D eigenvalue weighted by molar-refractivity contribution is 0.0601. The van der Waals surface area contributed by atoms with Crippen molar-refractivity contribution in [2.45, 2.75) is 32.6 Å². The number of benzene rings is 1. The van der Waals surface area contributed by atoms with Crippen LogP contribution >= 0.6 is 0 Å². The van der Waals surface area contributed by atoms with Crippen LogP contribution in [0.2, 0.25) is 0 Å². The van der Waals surface area contributed by atoms with E-state index in [2.05, 4.69) is 12.2 Å². The number of carbonyl (C=O) groups is 1. The molecule has 1 aromatic rings. The van der Waals surface area contributed by atoms with Gasteiger partial charge in [-0.25, -0.2) is 4.79 Å². The molecule has 0 radical (unpaired) electrons. The lowest BCUT2D eigenvalue weighted by Gasteiger charge is -2.17. The topological polar surface area (TPSA) is 64.3 Å². The minimum absolute atomic E-state index is 0.335. The monoisotopic (exact) mass is 262 g/mol. The van der Waals surface area contributed by atoms with Gasteiger partial charge in [-0.2, -0.15) is 0 Å². The molecule has 0 atom stereocenters. The summed E-state index contributed by atoms with van der Waals surface area (Å²) in [6.07, 6.45) is 5.02. The van der Waals surface area contributed by atoms with Crippen LogP contribution in [0.4, 0.5) is 11.4 Å². The number of ether oxygens (including phenoxy) is 1. The minimum Gasteiger partial charge on any atom is -0.465 e. The fourth-order valence-electron chi connectivity index (χ4n) is 2.46. The molecule has 0 spiro atoms. The molecule has 0 amide bonds. The van der Waals surface area contributed by atoms with Crippen molar-refractivity contribution in [3.8, 4) is 0 Å². The van der Waals surface area contributed by atoms with Crippen LogP contribution in [0.3, 0.4) is 0 Å². The molecular weight excluding hydrogens is 240 g/mol. The summed E-state index contributed by atoms with van der Waals surface area (Å²) in [4.78, 5) is 11.5. The molecule has 0 saturated heterocycles. The summed E-state index contributed by atoms with van der Waals surface area (Å²) < 4.78 is 4.72. The molecule has 2 rings (SSSR count). The van der Waals surface area contributed by atoms with Gasteiger partial charge in [0.05, 0.1) is 24.0 Å². The SMILES string of the molecule is CCCC1(CNc2cc(C(=O)OC)ccc2N)CC1. The lowest BCUT2D eigenvalue weighted by atomic mass is 10.0. The number of esters is 1. The number of nitrogen functional groups attached to an aromatic ring is 1. The van der Waals surface area contributed by atoms with E-state index in [9.17, 15) is 4.79 Å². The highest BCUT2D eigenvalue weighted by Gasteiger charge is 2.41. The van der Waals surface area contributed by atoms with E-state index in [1.165, 1.54) is 32.8 Å². The average Bonchev–Trinajstić information content (AvgIpc) is 3.17. The Hall–Kier alpha value is -1.71. The van der Waals surface area contributed by atoms with Crippen LogP contribution in [-0.2, 0) is 4.74 Å². The zero-order valence-electron chi connectivity index (χ0n) is 11.7. The van der Waals surface area contributed by atoms with Gasteiger partial charge in [0.25, 0.3) is 0 Å². The molecule has 4 heteroatoms. The van der Waals surface area contributed by atoms with Gasteiger partial charge in [0.15, 0.2) is 0 Å². The van der Waals surface area contributed by atoms with E-state index in [0.29, 0.717) is 16.7 Å². The molecule has 0 heterocycles. The molecule has 0 bridgehead atoms. The van der Waals surface area contributed by atoms with E-state index in [-0.39, 0.29) is 5.97 Å². The average molecular weight is 262 g/mol. The number of rotatable bonds is 6. The maximum atomic E-state index is 11.5. The van der Waals surface area contributed by atoms with E-state index < -0.39 is 0 Å². The highest BCUT2D eigenvalue weighted by Crippen LogP contribution is 2.49. The molecule has 19 heavy (non-hydrogen) atoms. The Morgan fingerprint density at radius 1 is 1.47 bits per heavy atom. The largest absolute Gasteiger partial charge is 0.465 e. The number of nitrogens with one attached hydrogen (secondary N) is 1. The standard InChI is InChI=1S/C15H22N2O2/c1-3-6-15(7-8-15)10-17-13-9-11(14(18)19-2)4-5-12(13)16/h4-5,9,17H,3,6-8,10,16H2,1-2H3. The number of carbonyl (C=O) groups excluding carboxylic acids is 1. The van der Waals surface area contributed by atoms with Crippen molar-refractivity contribution in [3.05, 3.63) is 23.8 Å². The van der Waals surface area contributed by atoms with Gasteiger partial charge in [0.1, 0.15) is 0 Å². The molecular formula is C15H22N2O2. The van der Waals surface area contributed by atoms with Gasteiger partial charge in [0.2, 0.25) is 0 Å². The van der Waals surface area contributed by atoms with Crippen molar-refractivity contribution in [2.75, 3.05) is 24.7 Å². The van der Waals surface area contributed by atoms with Crippen molar-refractivity contribution in [2.24, 2.45) is 5.41 Å². The first kappa shape index (κ1) is 13.7. The van der Waals surface area contributed by atoms with Crippen molar-refractivity contribution in [1.82, 2.24) is 0 Å². The summed E-state index contributed by atoms with van der Waals surface area (Å²) in [5.41, 5.74) is 8.41. The number of nitrogens with two attached hydrogens (primary N) is 1. The van der Waals surface area contributed by atoms with Gasteiger partial charge in [-0.15, -0.1) is 0 Å². The molecule has 3 N–H and O–H groups in total. The van der Waals surface area contributed by atoms with Gasteiger partial charge < -0.3 is 15.8 Å². The molecule has 0 aromatic heterocycles. The van der Waals surface area contributed by atoms with Crippen molar-refractivity contribution < 1.29 is 9.53 Å². The second-order valence-electron chi connectivity index (χ2n) is 5.40. The number of methoxy groups -OCH3 is 1. The maximum Gasteiger partial charge on any atom is 0.337 e. The second-order valence-corrected chi connectivity index (χ2v) is 5.40. The van der Waals surface area contributed by atoms with Crippen LogP contribution in [0.1, 0.15) is 43.0 Å². The summed E-state index contributed by atoms with van der Waals surface area (Å²) >= 11 is 0. The molecule has 104 valence electrons. The van der Waals surface area contributed by atoms with Crippen molar-refractivity contribution in [3.63, 3.8) is 0 Å². The van der Waals surface area contributed by atoms with Crippen LogP contribution in [0.5, 0.6) is 0 Å². The number of hydrogen-bond donors (Lipinski definition) is 2. The molecule has 0 unspecified atom stereocenters. The van der Waals surface area contributed by atoms with Crippen molar-refractivity contribution in [1.29, 1.82) is 0 Å². The third kappa shape index (κ3) is 3.19. The van der Waals surface area contributed by atoms with E-state index in [1.807, 2.05) is 0 Å². The van der Waals surface area contributed by atoms with Gasteiger partial charge in [-0.3, -0.25) is 0 Å². The van der Waals surface area contributed by atoms with Gasteiger partial charge in [0, 0.05) is 6.54 Å². The molecule has 1 saturated carbocycles. The first-order valence-corrected chi connectivity index (χ1v) is 6.82. The highest BCUT2D eigenvalue weighted by molar-refractivity contribution is 5.91. The van der Waals surface area contributed by atoms with Crippen LogP contribution in [0.25, 0.3) is 0 Å². The van der Waals surface area contributed by atoms with E-state index in [1.54, 1.807) is 18.2 Å². The Bertz CT molecular complexity index is 467. The molecule has 1 aliphatic rings. The van der Waals surface area contributed by atoms with Crippen LogP contribution in [-0.4, -0.2) is 19.6 Å². The van der Waals surface area contributed by atoms with Crippen molar-refractivity contribution >= 4 is 17.3 Å². The summed E-state index contributed by atoms with van der Waals surface area (Å²) in [6, 6.07) is 5.20. The highest BCUT2D eigenvalue weighted by atomic mass is 16.5. The molecule has 4 nitrogen and oxygen atoms in total. The lowest BCUT2D eigenvalue weighted by Crippen LogP contribution is -2.16. The second kappa shape index (κ2) is 5.51. The normalized spacial score (nSPS) is 15.9. The predicted molar refractivity (Wildman–Crippen MR) is 77.3 cm³/mol. The summed E-state index contributed by atoms with van der Waals surface area (Å²) in [5, 5.41) is 3.39. The van der Waals surface area contributed by atoms with Crippen LogP contribution < -0.4 is 11.1 Å². The van der Waals surface area contributed by atoms with Crippen LogP contribution in [0.15, 0.2) is 18.2 Å². The number of hydrogen-bond acceptors (Lipinski definition) is 4. The van der Waals surface area contributed by atoms with Crippen LogP contribution in [0, 0.1) is 5.41 Å². The Kier molecular flexibility index (Phi) is 3.98. The fourth-order valence-corrected chi connectivity index (χ4v) is 2.46.